The maximum absolute atomic E-state index is 9.46. The van der Waals surface area contributed by atoms with Crippen molar-refractivity contribution in [1.29, 1.82) is 0 Å². The largest absolute Gasteiger partial charge is 0.508 e. The van der Waals surface area contributed by atoms with Crippen LogP contribution < -0.4 is 0 Å². The number of phenolic OH excluding ortho intramolecular Hbond substituents is 1. The van der Waals surface area contributed by atoms with Crippen molar-refractivity contribution in [2.75, 3.05) is 0 Å². The number of halogens is 1. The molecule has 0 aliphatic heterocycles. The van der Waals surface area contributed by atoms with Crippen molar-refractivity contribution in [3.63, 3.8) is 0 Å². The standard InChI is InChI=1S/C10H13ClO/c1-7(2)5-8-3-4-9(11)6-10(8)12/h3-4,6-7,12H,5H2,1-2H3. The molecule has 1 nitrogen and oxygen atoms in total. The van der Waals surface area contributed by atoms with Crippen molar-refractivity contribution in [2.45, 2.75) is 20.3 Å². The van der Waals surface area contributed by atoms with E-state index in [9.17, 15) is 5.11 Å². The lowest BCUT2D eigenvalue weighted by Gasteiger charge is -2.06. The SMILES string of the molecule is CC(C)Cc1ccc(Cl)cc1O. The summed E-state index contributed by atoms with van der Waals surface area (Å²) in [6, 6.07) is 5.26. The summed E-state index contributed by atoms with van der Waals surface area (Å²) in [5.41, 5.74) is 0.967. The predicted molar refractivity (Wildman–Crippen MR) is 51.7 cm³/mol. The molecular formula is C10H13ClO. The van der Waals surface area contributed by atoms with Crippen LogP contribution in [-0.2, 0) is 6.42 Å². The van der Waals surface area contributed by atoms with Crippen molar-refractivity contribution in [3.8, 4) is 5.75 Å². The van der Waals surface area contributed by atoms with Crippen LogP contribution in [0.25, 0.3) is 0 Å². The predicted octanol–water partition coefficient (Wildman–Crippen LogP) is 3.24. The van der Waals surface area contributed by atoms with Gasteiger partial charge in [0.25, 0.3) is 0 Å². The van der Waals surface area contributed by atoms with Crippen LogP contribution in [-0.4, -0.2) is 5.11 Å². The maximum Gasteiger partial charge on any atom is 0.120 e. The lowest BCUT2D eigenvalue weighted by molar-refractivity contribution is 0.462. The molecule has 66 valence electrons. The van der Waals surface area contributed by atoms with E-state index >= 15 is 0 Å². The summed E-state index contributed by atoms with van der Waals surface area (Å²) in [6.45, 7) is 4.24. The van der Waals surface area contributed by atoms with E-state index in [1.807, 2.05) is 6.07 Å². The Labute approximate surface area is 78.0 Å². The Balaban J connectivity index is 2.86. The summed E-state index contributed by atoms with van der Waals surface area (Å²) in [4.78, 5) is 0. The second-order valence-electron chi connectivity index (χ2n) is 3.37. The summed E-state index contributed by atoms with van der Waals surface area (Å²) < 4.78 is 0. The van der Waals surface area contributed by atoms with Gasteiger partial charge in [-0.1, -0.05) is 31.5 Å². The second kappa shape index (κ2) is 3.81. The highest BCUT2D eigenvalue weighted by molar-refractivity contribution is 6.30. The fraction of sp³-hybridized carbons (Fsp3) is 0.400. The van der Waals surface area contributed by atoms with Crippen LogP contribution in [0.1, 0.15) is 19.4 Å². The average Bonchev–Trinajstić information content (AvgIpc) is 1.94. The molecule has 1 aromatic carbocycles. The van der Waals surface area contributed by atoms with E-state index in [-0.39, 0.29) is 0 Å². The summed E-state index contributed by atoms with van der Waals surface area (Å²) in [5, 5.41) is 10.0. The van der Waals surface area contributed by atoms with Gasteiger partial charge >= 0.3 is 0 Å². The molecule has 0 spiro atoms. The topological polar surface area (TPSA) is 20.2 Å². The summed E-state index contributed by atoms with van der Waals surface area (Å²) in [6.07, 6.45) is 0.892. The molecule has 0 aromatic heterocycles. The quantitative estimate of drug-likeness (QED) is 0.748. The first-order valence-electron chi connectivity index (χ1n) is 4.07. The van der Waals surface area contributed by atoms with Gasteiger partial charge in [0.05, 0.1) is 0 Å². The minimum absolute atomic E-state index is 0.302. The Morgan fingerprint density at radius 1 is 1.42 bits per heavy atom. The van der Waals surface area contributed by atoms with Gasteiger partial charge in [0.2, 0.25) is 0 Å². The number of phenols is 1. The van der Waals surface area contributed by atoms with E-state index in [2.05, 4.69) is 13.8 Å². The van der Waals surface area contributed by atoms with Crippen molar-refractivity contribution in [1.82, 2.24) is 0 Å². The molecule has 0 amide bonds. The van der Waals surface area contributed by atoms with Gasteiger partial charge in [0, 0.05) is 5.02 Å². The molecule has 1 aromatic rings. The third kappa shape index (κ3) is 2.42. The van der Waals surface area contributed by atoms with E-state index in [1.54, 1.807) is 12.1 Å². The zero-order chi connectivity index (χ0) is 9.14. The van der Waals surface area contributed by atoms with Gasteiger partial charge < -0.3 is 5.11 Å². The highest BCUT2D eigenvalue weighted by atomic mass is 35.5. The zero-order valence-electron chi connectivity index (χ0n) is 7.34. The number of rotatable bonds is 2. The van der Waals surface area contributed by atoms with Crippen LogP contribution in [0, 0.1) is 5.92 Å². The molecule has 0 saturated carbocycles. The van der Waals surface area contributed by atoms with Gasteiger partial charge in [-0.3, -0.25) is 0 Å². The average molecular weight is 185 g/mol. The molecule has 1 rings (SSSR count). The smallest absolute Gasteiger partial charge is 0.120 e. The van der Waals surface area contributed by atoms with Crippen molar-refractivity contribution < 1.29 is 5.11 Å². The molecule has 0 atom stereocenters. The van der Waals surface area contributed by atoms with Crippen LogP contribution in [0.4, 0.5) is 0 Å². The lowest BCUT2D eigenvalue weighted by atomic mass is 10.0. The molecule has 0 radical (unpaired) electrons. The van der Waals surface area contributed by atoms with E-state index < -0.39 is 0 Å². The minimum atomic E-state index is 0.302. The molecule has 1 N–H and O–H groups in total. The molecular weight excluding hydrogens is 172 g/mol. The summed E-state index contributed by atoms with van der Waals surface area (Å²) >= 11 is 5.69. The number of benzene rings is 1. The van der Waals surface area contributed by atoms with Gasteiger partial charge in [-0.05, 0) is 30.0 Å². The molecule has 0 unspecified atom stereocenters. The first-order chi connectivity index (χ1) is 5.59. The molecule has 12 heavy (non-hydrogen) atoms. The molecule has 0 fully saturated rings. The molecule has 0 saturated heterocycles. The number of aromatic hydroxyl groups is 1. The minimum Gasteiger partial charge on any atom is -0.508 e. The molecule has 0 aliphatic rings. The van der Waals surface area contributed by atoms with Crippen molar-refractivity contribution in [2.24, 2.45) is 5.92 Å². The first-order valence-corrected chi connectivity index (χ1v) is 4.45. The molecule has 0 aliphatic carbocycles. The highest BCUT2D eigenvalue weighted by Crippen LogP contribution is 2.23. The van der Waals surface area contributed by atoms with E-state index in [0.717, 1.165) is 12.0 Å². The fourth-order valence-corrected chi connectivity index (χ4v) is 1.32. The van der Waals surface area contributed by atoms with E-state index in [0.29, 0.717) is 16.7 Å². The Kier molecular flexibility index (Phi) is 2.99. The van der Waals surface area contributed by atoms with Crippen molar-refractivity contribution >= 4 is 11.6 Å². The van der Waals surface area contributed by atoms with Gasteiger partial charge in [0.15, 0.2) is 0 Å². The summed E-state index contributed by atoms with van der Waals surface area (Å²) in [5.74, 6) is 0.855. The second-order valence-corrected chi connectivity index (χ2v) is 3.81. The van der Waals surface area contributed by atoms with E-state index in [4.69, 9.17) is 11.6 Å². The third-order valence-electron chi connectivity index (χ3n) is 1.68. The third-order valence-corrected chi connectivity index (χ3v) is 1.91. The van der Waals surface area contributed by atoms with Gasteiger partial charge in [-0.25, -0.2) is 0 Å². The zero-order valence-corrected chi connectivity index (χ0v) is 8.10. The lowest BCUT2D eigenvalue weighted by Crippen LogP contribution is -1.93. The monoisotopic (exact) mass is 184 g/mol. The van der Waals surface area contributed by atoms with Crippen LogP contribution in [0.5, 0.6) is 5.75 Å². The number of hydrogen-bond donors (Lipinski definition) is 1. The van der Waals surface area contributed by atoms with Gasteiger partial charge in [0.1, 0.15) is 5.75 Å². The Bertz CT molecular complexity index is 269. The molecule has 0 bridgehead atoms. The summed E-state index contributed by atoms with van der Waals surface area (Å²) in [7, 11) is 0. The Hall–Kier alpha value is -0.690. The van der Waals surface area contributed by atoms with Gasteiger partial charge in [-0.2, -0.15) is 0 Å². The van der Waals surface area contributed by atoms with Crippen LogP contribution in [0.3, 0.4) is 0 Å². The maximum atomic E-state index is 9.46. The molecule has 2 heteroatoms. The van der Waals surface area contributed by atoms with Gasteiger partial charge in [-0.15, -0.1) is 0 Å². The highest BCUT2D eigenvalue weighted by Gasteiger charge is 2.03. The number of hydrogen-bond acceptors (Lipinski definition) is 1. The Morgan fingerprint density at radius 3 is 2.58 bits per heavy atom. The Morgan fingerprint density at radius 2 is 2.08 bits per heavy atom. The van der Waals surface area contributed by atoms with Crippen LogP contribution in [0.15, 0.2) is 18.2 Å². The normalized spacial score (nSPS) is 10.7. The van der Waals surface area contributed by atoms with Crippen LogP contribution in [0.2, 0.25) is 5.02 Å². The fourth-order valence-electron chi connectivity index (χ4n) is 1.15. The first kappa shape index (κ1) is 9.40. The van der Waals surface area contributed by atoms with Crippen molar-refractivity contribution in [3.05, 3.63) is 28.8 Å². The molecule has 0 heterocycles. The van der Waals surface area contributed by atoms with Crippen LogP contribution >= 0.6 is 11.6 Å². The van der Waals surface area contributed by atoms with E-state index in [1.165, 1.54) is 0 Å².